The minimum Gasteiger partial charge on any atom is -0.441 e. The summed E-state index contributed by atoms with van der Waals surface area (Å²) in [6.45, 7) is 3.89. The van der Waals surface area contributed by atoms with Crippen LogP contribution in [0.4, 0.5) is 5.69 Å². The normalized spacial score (nSPS) is 11.7. The lowest BCUT2D eigenvalue weighted by Gasteiger charge is -2.22. The molecule has 0 aliphatic carbocycles. The maximum atomic E-state index is 12.9. The van der Waals surface area contributed by atoms with Gasteiger partial charge in [-0.3, -0.25) is 4.31 Å². The summed E-state index contributed by atoms with van der Waals surface area (Å²) in [4.78, 5) is 4.38. The van der Waals surface area contributed by atoms with Gasteiger partial charge in [0.1, 0.15) is 5.52 Å². The summed E-state index contributed by atoms with van der Waals surface area (Å²) in [5.41, 5.74) is 1.76. The summed E-state index contributed by atoms with van der Waals surface area (Å²) < 4.78 is 32.6. The first kappa shape index (κ1) is 14.6. The average molecular weight is 316 g/mol. The van der Waals surface area contributed by atoms with E-state index in [1.165, 1.54) is 10.4 Å². The van der Waals surface area contributed by atoms with Gasteiger partial charge in [0.05, 0.1) is 10.6 Å². The number of rotatable bonds is 4. The largest absolute Gasteiger partial charge is 0.441 e. The molecule has 1 heterocycles. The second-order valence-corrected chi connectivity index (χ2v) is 6.73. The average Bonchev–Trinajstić information content (AvgIpc) is 2.88. The number of benzene rings is 2. The van der Waals surface area contributed by atoms with Gasteiger partial charge in [-0.1, -0.05) is 18.2 Å². The van der Waals surface area contributed by atoms with Crippen LogP contribution in [0.15, 0.2) is 57.8 Å². The van der Waals surface area contributed by atoms with Crippen LogP contribution in [-0.2, 0) is 10.0 Å². The fourth-order valence-electron chi connectivity index (χ4n) is 2.39. The molecule has 0 saturated carbocycles. The molecule has 0 aliphatic rings. The van der Waals surface area contributed by atoms with Crippen molar-refractivity contribution < 1.29 is 12.8 Å². The highest BCUT2D eigenvalue weighted by Crippen LogP contribution is 2.26. The van der Waals surface area contributed by atoms with Gasteiger partial charge in [0.25, 0.3) is 10.0 Å². The summed E-state index contributed by atoms with van der Waals surface area (Å²) in [6, 6.07) is 13.8. The molecule has 0 amide bonds. The van der Waals surface area contributed by atoms with Crippen LogP contribution in [0.25, 0.3) is 11.1 Å². The molecule has 0 atom stereocenters. The summed E-state index contributed by atoms with van der Waals surface area (Å²) >= 11 is 0. The first-order valence-electron chi connectivity index (χ1n) is 6.97. The smallest absolute Gasteiger partial charge is 0.264 e. The Kier molecular flexibility index (Phi) is 3.62. The Bertz CT molecular complexity index is 902. The zero-order valence-corrected chi connectivity index (χ0v) is 13.2. The second-order valence-electron chi connectivity index (χ2n) is 4.87. The van der Waals surface area contributed by atoms with Gasteiger partial charge in [-0.05, 0) is 31.2 Å². The fourth-order valence-corrected chi connectivity index (χ4v) is 3.88. The van der Waals surface area contributed by atoms with Gasteiger partial charge in [0, 0.05) is 19.5 Å². The van der Waals surface area contributed by atoms with Crippen molar-refractivity contribution in [3.05, 3.63) is 54.4 Å². The lowest BCUT2D eigenvalue weighted by atomic mass is 10.3. The number of fused-ring (bicyclic) bond motifs is 1. The van der Waals surface area contributed by atoms with Crippen molar-refractivity contribution >= 4 is 26.8 Å². The molecule has 3 rings (SSSR count). The monoisotopic (exact) mass is 316 g/mol. The Morgan fingerprint density at radius 3 is 2.55 bits per heavy atom. The maximum Gasteiger partial charge on any atom is 0.264 e. The molecule has 0 radical (unpaired) electrons. The molecule has 0 aliphatic heterocycles. The Hall–Kier alpha value is -2.34. The quantitative estimate of drug-likeness (QED) is 0.740. The molecule has 1 aromatic heterocycles. The van der Waals surface area contributed by atoms with E-state index in [0.717, 1.165) is 0 Å². The predicted octanol–water partition coefficient (Wildman–Crippen LogP) is 3.35. The van der Waals surface area contributed by atoms with Gasteiger partial charge in [0.15, 0.2) is 11.5 Å². The Balaban J connectivity index is 2.09. The van der Waals surface area contributed by atoms with Crippen LogP contribution >= 0.6 is 0 Å². The van der Waals surface area contributed by atoms with E-state index in [2.05, 4.69) is 4.98 Å². The molecule has 2 aromatic carbocycles. The molecule has 0 fully saturated rings. The number of anilines is 1. The Labute approximate surface area is 129 Å². The van der Waals surface area contributed by atoms with Crippen molar-refractivity contribution in [3.63, 3.8) is 0 Å². The third-order valence-electron chi connectivity index (χ3n) is 3.39. The number of hydrogen-bond acceptors (Lipinski definition) is 4. The maximum absolute atomic E-state index is 12.9. The number of aromatic nitrogens is 1. The van der Waals surface area contributed by atoms with Crippen molar-refractivity contribution in [2.45, 2.75) is 18.7 Å². The SMILES string of the molecule is CCN(c1ccccc1)S(=O)(=O)c1ccc2nc(C)oc2c1. The lowest BCUT2D eigenvalue weighted by molar-refractivity contribution is 0.559. The fraction of sp³-hybridized carbons (Fsp3) is 0.188. The van der Waals surface area contributed by atoms with Gasteiger partial charge < -0.3 is 4.42 Å². The number of para-hydroxylation sites is 1. The third-order valence-corrected chi connectivity index (χ3v) is 5.29. The molecule has 0 N–H and O–H groups in total. The molecular formula is C16H16N2O3S. The third kappa shape index (κ3) is 2.46. The Morgan fingerprint density at radius 2 is 1.86 bits per heavy atom. The van der Waals surface area contributed by atoms with Gasteiger partial charge in [0.2, 0.25) is 0 Å². The van der Waals surface area contributed by atoms with E-state index in [0.29, 0.717) is 29.2 Å². The van der Waals surface area contributed by atoms with Gasteiger partial charge in [-0.25, -0.2) is 13.4 Å². The van der Waals surface area contributed by atoms with E-state index in [-0.39, 0.29) is 4.90 Å². The van der Waals surface area contributed by atoms with E-state index in [9.17, 15) is 8.42 Å². The number of oxazole rings is 1. The van der Waals surface area contributed by atoms with Gasteiger partial charge in [-0.2, -0.15) is 0 Å². The molecule has 0 saturated heterocycles. The lowest BCUT2D eigenvalue weighted by Crippen LogP contribution is -2.30. The molecule has 3 aromatic rings. The minimum atomic E-state index is -3.64. The van der Waals surface area contributed by atoms with E-state index in [1.807, 2.05) is 25.1 Å². The summed E-state index contributed by atoms with van der Waals surface area (Å²) in [6.07, 6.45) is 0. The topological polar surface area (TPSA) is 63.4 Å². The van der Waals surface area contributed by atoms with Crippen LogP contribution in [0.1, 0.15) is 12.8 Å². The van der Waals surface area contributed by atoms with E-state index < -0.39 is 10.0 Å². The molecular weight excluding hydrogens is 300 g/mol. The number of aryl methyl sites for hydroxylation is 1. The summed E-state index contributed by atoms with van der Waals surface area (Å²) in [7, 11) is -3.64. The van der Waals surface area contributed by atoms with Crippen LogP contribution in [0.5, 0.6) is 0 Å². The number of hydrogen-bond donors (Lipinski definition) is 0. The molecule has 6 heteroatoms. The second kappa shape index (κ2) is 5.46. The van der Waals surface area contributed by atoms with Crippen molar-refractivity contribution in [1.82, 2.24) is 4.98 Å². The van der Waals surface area contributed by atoms with Crippen molar-refractivity contribution in [3.8, 4) is 0 Å². The standard InChI is InChI=1S/C16H16N2O3S/c1-3-18(13-7-5-4-6-8-13)22(19,20)14-9-10-15-16(11-14)21-12(2)17-15/h4-11H,3H2,1-2H3. The van der Waals surface area contributed by atoms with Crippen LogP contribution in [-0.4, -0.2) is 19.9 Å². The number of nitrogens with zero attached hydrogens (tertiary/aromatic N) is 2. The number of sulfonamides is 1. The molecule has 0 unspecified atom stereocenters. The van der Waals surface area contributed by atoms with Crippen LogP contribution in [0.2, 0.25) is 0 Å². The summed E-state index contributed by atoms with van der Waals surface area (Å²) in [5.74, 6) is 0.514. The minimum absolute atomic E-state index is 0.196. The first-order chi connectivity index (χ1) is 10.5. The molecule has 0 spiro atoms. The molecule has 22 heavy (non-hydrogen) atoms. The highest BCUT2D eigenvalue weighted by Gasteiger charge is 2.24. The zero-order chi connectivity index (χ0) is 15.7. The molecule has 0 bridgehead atoms. The highest BCUT2D eigenvalue weighted by molar-refractivity contribution is 7.92. The van der Waals surface area contributed by atoms with Crippen molar-refractivity contribution in [1.29, 1.82) is 0 Å². The molecule has 5 nitrogen and oxygen atoms in total. The Morgan fingerprint density at radius 1 is 1.14 bits per heavy atom. The van der Waals surface area contributed by atoms with E-state index in [1.54, 1.807) is 31.2 Å². The van der Waals surface area contributed by atoms with Crippen molar-refractivity contribution in [2.75, 3.05) is 10.8 Å². The van der Waals surface area contributed by atoms with Crippen LogP contribution in [0, 0.1) is 6.92 Å². The van der Waals surface area contributed by atoms with Gasteiger partial charge in [-0.15, -0.1) is 0 Å². The first-order valence-corrected chi connectivity index (χ1v) is 8.41. The molecule has 114 valence electrons. The van der Waals surface area contributed by atoms with Crippen LogP contribution in [0.3, 0.4) is 0 Å². The van der Waals surface area contributed by atoms with E-state index >= 15 is 0 Å². The van der Waals surface area contributed by atoms with Gasteiger partial charge >= 0.3 is 0 Å². The predicted molar refractivity (Wildman–Crippen MR) is 85.4 cm³/mol. The zero-order valence-electron chi connectivity index (χ0n) is 12.4. The highest BCUT2D eigenvalue weighted by atomic mass is 32.2. The van der Waals surface area contributed by atoms with E-state index in [4.69, 9.17) is 4.42 Å². The van der Waals surface area contributed by atoms with Crippen molar-refractivity contribution in [2.24, 2.45) is 0 Å². The van der Waals surface area contributed by atoms with Crippen LogP contribution < -0.4 is 4.31 Å². The summed E-state index contributed by atoms with van der Waals surface area (Å²) in [5, 5.41) is 0.